The van der Waals surface area contributed by atoms with Crippen molar-refractivity contribution in [3.63, 3.8) is 0 Å². The summed E-state index contributed by atoms with van der Waals surface area (Å²) in [5, 5.41) is 10.8. The van der Waals surface area contributed by atoms with Crippen LogP contribution in [0.3, 0.4) is 0 Å². The molecule has 1 unspecified atom stereocenters. The Morgan fingerprint density at radius 1 is 1.21 bits per heavy atom. The number of ether oxygens (including phenoxy) is 1. The Hall–Kier alpha value is -1.77. The molecule has 0 aliphatic rings. The van der Waals surface area contributed by atoms with Crippen LogP contribution < -0.4 is 15.4 Å². The first-order valence-corrected chi connectivity index (χ1v) is 9.63. The molecule has 1 heterocycles. The molecule has 1 atom stereocenters. The third-order valence-corrected chi connectivity index (χ3v) is 4.43. The van der Waals surface area contributed by atoms with Crippen LogP contribution in [0.2, 0.25) is 0 Å². The van der Waals surface area contributed by atoms with Gasteiger partial charge in [-0.25, -0.2) is 4.99 Å². The highest BCUT2D eigenvalue weighted by molar-refractivity contribution is 14.0. The maximum atomic E-state index is 5.76. The second kappa shape index (κ2) is 11.9. The van der Waals surface area contributed by atoms with Gasteiger partial charge in [-0.15, -0.1) is 24.0 Å². The minimum atomic E-state index is 0. The number of aryl methyl sites for hydroxylation is 3. The van der Waals surface area contributed by atoms with Crippen molar-refractivity contribution in [1.29, 1.82) is 0 Å². The van der Waals surface area contributed by atoms with Gasteiger partial charge in [-0.3, -0.25) is 0 Å². The molecule has 1 aromatic heterocycles. The first-order chi connectivity index (χ1) is 13.0. The zero-order valence-corrected chi connectivity index (χ0v) is 20.1. The number of benzene rings is 1. The number of aromatic nitrogens is 1. The highest BCUT2D eigenvalue weighted by Crippen LogP contribution is 2.23. The number of rotatable bonds is 8. The van der Waals surface area contributed by atoms with Crippen LogP contribution in [0.5, 0.6) is 5.75 Å². The monoisotopic (exact) mass is 500 g/mol. The smallest absolute Gasteiger partial charge is 0.191 e. The first-order valence-electron chi connectivity index (χ1n) is 9.63. The molecule has 156 valence electrons. The van der Waals surface area contributed by atoms with Gasteiger partial charge in [-0.1, -0.05) is 24.2 Å². The minimum Gasteiger partial charge on any atom is -0.494 e. The Bertz CT molecular complexity index is 754. The van der Waals surface area contributed by atoms with E-state index in [4.69, 9.17) is 14.3 Å². The van der Waals surface area contributed by atoms with E-state index >= 15 is 0 Å². The summed E-state index contributed by atoms with van der Waals surface area (Å²) in [6.45, 7) is 15.0. The van der Waals surface area contributed by atoms with Gasteiger partial charge in [0.2, 0.25) is 0 Å². The summed E-state index contributed by atoms with van der Waals surface area (Å²) >= 11 is 0. The standard InChI is InChI=1S/C21H32N4O2.HI/c1-7-22-21(23-12-15(4)20-16(5)25-27-17(20)6)24-13-18-10-9-14(3)11-19(18)26-8-2;/h9-11,15H,7-8,12-13H2,1-6H3,(H2,22,23,24);1H. The molecule has 0 aliphatic heterocycles. The van der Waals surface area contributed by atoms with Crippen LogP contribution in [0, 0.1) is 20.8 Å². The van der Waals surface area contributed by atoms with Gasteiger partial charge in [-0.2, -0.15) is 0 Å². The predicted octanol–water partition coefficient (Wildman–Crippen LogP) is 4.48. The van der Waals surface area contributed by atoms with Gasteiger partial charge >= 0.3 is 0 Å². The molecule has 0 saturated heterocycles. The van der Waals surface area contributed by atoms with E-state index in [1.165, 1.54) is 5.56 Å². The van der Waals surface area contributed by atoms with Crippen molar-refractivity contribution in [2.75, 3.05) is 19.7 Å². The lowest BCUT2D eigenvalue weighted by atomic mass is 10.00. The van der Waals surface area contributed by atoms with E-state index in [0.717, 1.165) is 47.4 Å². The fraction of sp³-hybridized carbons (Fsp3) is 0.524. The van der Waals surface area contributed by atoms with E-state index in [9.17, 15) is 0 Å². The van der Waals surface area contributed by atoms with Crippen molar-refractivity contribution < 1.29 is 9.26 Å². The van der Waals surface area contributed by atoms with Crippen molar-refractivity contribution in [2.24, 2.45) is 4.99 Å². The molecule has 1 aromatic carbocycles. The number of hydrogen-bond acceptors (Lipinski definition) is 4. The van der Waals surface area contributed by atoms with Crippen LogP contribution >= 0.6 is 24.0 Å². The topological polar surface area (TPSA) is 71.7 Å². The molecule has 0 amide bonds. The predicted molar refractivity (Wildman–Crippen MR) is 125 cm³/mol. The third-order valence-electron chi connectivity index (χ3n) is 4.43. The Morgan fingerprint density at radius 2 is 1.96 bits per heavy atom. The third kappa shape index (κ3) is 6.68. The highest BCUT2D eigenvalue weighted by atomic mass is 127. The van der Waals surface area contributed by atoms with E-state index in [-0.39, 0.29) is 29.9 Å². The molecular weight excluding hydrogens is 467 g/mol. The molecule has 7 heteroatoms. The Kier molecular flexibility index (Phi) is 10.3. The van der Waals surface area contributed by atoms with Gasteiger partial charge < -0.3 is 19.9 Å². The SMILES string of the molecule is CCNC(=NCc1ccc(C)cc1OCC)NCC(C)c1c(C)noc1C.I. The summed E-state index contributed by atoms with van der Waals surface area (Å²) < 4.78 is 11.0. The summed E-state index contributed by atoms with van der Waals surface area (Å²) in [6, 6.07) is 6.24. The van der Waals surface area contributed by atoms with Crippen LogP contribution in [0.1, 0.15) is 54.8 Å². The zero-order chi connectivity index (χ0) is 19.8. The lowest BCUT2D eigenvalue weighted by Gasteiger charge is -2.16. The minimum absolute atomic E-state index is 0. The maximum absolute atomic E-state index is 5.76. The molecule has 0 spiro atoms. The van der Waals surface area contributed by atoms with Crippen LogP contribution in [0.15, 0.2) is 27.7 Å². The molecule has 6 nitrogen and oxygen atoms in total. The molecule has 2 aromatic rings. The molecular formula is C21H33IN4O2. The Balaban J connectivity index is 0.00000392. The number of hydrogen-bond donors (Lipinski definition) is 2. The average molecular weight is 500 g/mol. The summed E-state index contributed by atoms with van der Waals surface area (Å²) in [5.41, 5.74) is 4.38. The Labute approximate surface area is 185 Å². The van der Waals surface area contributed by atoms with E-state index in [0.29, 0.717) is 13.2 Å². The van der Waals surface area contributed by atoms with E-state index in [1.54, 1.807) is 0 Å². The van der Waals surface area contributed by atoms with Gasteiger partial charge in [0.05, 0.1) is 18.8 Å². The van der Waals surface area contributed by atoms with Crippen molar-refractivity contribution >= 4 is 29.9 Å². The van der Waals surface area contributed by atoms with E-state index in [1.807, 2.05) is 20.8 Å². The van der Waals surface area contributed by atoms with Crippen molar-refractivity contribution in [3.05, 3.63) is 46.3 Å². The molecule has 0 saturated carbocycles. The number of halogens is 1. The molecule has 2 rings (SSSR count). The van der Waals surface area contributed by atoms with Gasteiger partial charge in [0.25, 0.3) is 0 Å². The lowest BCUT2D eigenvalue weighted by Crippen LogP contribution is -2.39. The molecule has 0 fully saturated rings. The largest absolute Gasteiger partial charge is 0.494 e. The molecule has 0 aliphatic carbocycles. The zero-order valence-electron chi connectivity index (χ0n) is 17.8. The normalized spacial score (nSPS) is 12.3. The maximum Gasteiger partial charge on any atom is 0.191 e. The molecule has 0 bridgehead atoms. The van der Waals surface area contributed by atoms with Gasteiger partial charge in [0.1, 0.15) is 11.5 Å². The number of nitrogens with zero attached hydrogens (tertiary/aromatic N) is 2. The first kappa shape index (κ1) is 24.3. The van der Waals surface area contributed by atoms with Crippen molar-refractivity contribution in [1.82, 2.24) is 15.8 Å². The second-order valence-corrected chi connectivity index (χ2v) is 6.76. The van der Waals surface area contributed by atoms with E-state index < -0.39 is 0 Å². The molecule has 2 N–H and O–H groups in total. The van der Waals surface area contributed by atoms with Crippen LogP contribution in [-0.4, -0.2) is 30.8 Å². The summed E-state index contributed by atoms with van der Waals surface area (Å²) in [5.74, 6) is 2.85. The quantitative estimate of drug-likeness (QED) is 0.318. The Morgan fingerprint density at radius 3 is 2.57 bits per heavy atom. The van der Waals surface area contributed by atoms with Crippen molar-refractivity contribution in [3.8, 4) is 5.75 Å². The number of aliphatic imine (C=N–C) groups is 1. The lowest BCUT2D eigenvalue weighted by molar-refractivity contribution is 0.336. The fourth-order valence-electron chi connectivity index (χ4n) is 3.13. The summed E-state index contributed by atoms with van der Waals surface area (Å²) in [6.07, 6.45) is 0. The van der Waals surface area contributed by atoms with Crippen LogP contribution in [0.25, 0.3) is 0 Å². The summed E-state index contributed by atoms with van der Waals surface area (Å²) in [4.78, 5) is 4.73. The molecule has 28 heavy (non-hydrogen) atoms. The van der Waals surface area contributed by atoms with Gasteiger partial charge in [0.15, 0.2) is 5.96 Å². The van der Waals surface area contributed by atoms with Gasteiger partial charge in [-0.05, 0) is 46.2 Å². The second-order valence-electron chi connectivity index (χ2n) is 6.76. The average Bonchev–Trinajstić information content (AvgIpc) is 2.97. The highest BCUT2D eigenvalue weighted by Gasteiger charge is 2.16. The molecule has 0 radical (unpaired) electrons. The summed E-state index contributed by atoms with van der Waals surface area (Å²) in [7, 11) is 0. The van der Waals surface area contributed by atoms with Crippen molar-refractivity contribution in [2.45, 2.75) is 54.0 Å². The van der Waals surface area contributed by atoms with Gasteiger partial charge in [0, 0.05) is 30.1 Å². The van der Waals surface area contributed by atoms with E-state index in [2.05, 4.69) is 54.8 Å². The number of guanidine groups is 1. The fourth-order valence-corrected chi connectivity index (χ4v) is 3.13. The number of nitrogens with one attached hydrogen (secondary N) is 2. The van der Waals surface area contributed by atoms with Crippen LogP contribution in [0.4, 0.5) is 0 Å². The van der Waals surface area contributed by atoms with Crippen LogP contribution in [-0.2, 0) is 6.54 Å².